The minimum atomic E-state index is -3.73. The van der Waals surface area contributed by atoms with Gasteiger partial charge >= 0.3 is 0 Å². The fourth-order valence-electron chi connectivity index (χ4n) is 3.77. The molecule has 2 aromatic rings. The van der Waals surface area contributed by atoms with Crippen molar-refractivity contribution in [2.75, 3.05) is 12.3 Å². The van der Waals surface area contributed by atoms with Crippen LogP contribution in [-0.2, 0) is 22.9 Å². The van der Waals surface area contributed by atoms with E-state index in [-0.39, 0.29) is 29.3 Å². The van der Waals surface area contributed by atoms with Gasteiger partial charge in [-0.2, -0.15) is 0 Å². The molecule has 1 unspecified atom stereocenters. The highest BCUT2D eigenvalue weighted by Gasteiger charge is 2.27. The number of rotatable bonds is 3. The van der Waals surface area contributed by atoms with Crippen molar-refractivity contribution in [1.82, 2.24) is 10.0 Å². The number of anilines is 1. The molecule has 1 amide bonds. The number of sulfonamides is 1. The SMILES string of the molecule is Cl.Nc1ccc2c(c1)CCCC2NS(=O)(=O)c1ccc2c(c1)C(=O)NCC2. The van der Waals surface area contributed by atoms with Crippen LogP contribution in [0.3, 0.4) is 0 Å². The first-order valence-electron chi connectivity index (χ1n) is 8.76. The molecular formula is C19H22ClN3O3S. The van der Waals surface area contributed by atoms with E-state index in [4.69, 9.17) is 5.73 Å². The van der Waals surface area contributed by atoms with Gasteiger partial charge in [-0.25, -0.2) is 13.1 Å². The Labute approximate surface area is 165 Å². The molecule has 1 aliphatic carbocycles. The van der Waals surface area contributed by atoms with E-state index in [1.54, 1.807) is 18.2 Å². The number of nitrogens with two attached hydrogens (primary N) is 1. The molecule has 2 aromatic carbocycles. The number of hydrogen-bond donors (Lipinski definition) is 3. The Kier molecular flexibility index (Phi) is 5.46. The molecule has 0 saturated carbocycles. The lowest BCUT2D eigenvalue weighted by Gasteiger charge is -2.26. The molecule has 6 nitrogen and oxygen atoms in total. The number of fused-ring (bicyclic) bond motifs is 2. The maximum atomic E-state index is 12.9. The molecule has 0 aromatic heterocycles. The minimum absolute atomic E-state index is 0. The zero-order chi connectivity index (χ0) is 18.3. The summed E-state index contributed by atoms with van der Waals surface area (Å²) in [5, 5.41) is 2.75. The predicted octanol–water partition coefficient (Wildman–Crippen LogP) is 2.33. The van der Waals surface area contributed by atoms with Crippen molar-refractivity contribution in [3.8, 4) is 0 Å². The first-order chi connectivity index (χ1) is 12.4. The second kappa shape index (κ2) is 7.50. The van der Waals surface area contributed by atoms with Crippen LogP contribution in [0.1, 0.15) is 45.9 Å². The van der Waals surface area contributed by atoms with E-state index in [1.165, 1.54) is 6.07 Å². The molecule has 4 rings (SSSR count). The molecule has 0 radical (unpaired) electrons. The van der Waals surface area contributed by atoms with Gasteiger partial charge in [0.25, 0.3) is 5.91 Å². The Morgan fingerprint density at radius 1 is 1.07 bits per heavy atom. The van der Waals surface area contributed by atoms with Crippen molar-refractivity contribution in [1.29, 1.82) is 0 Å². The topological polar surface area (TPSA) is 101 Å². The summed E-state index contributed by atoms with van der Waals surface area (Å²) in [6, 6.07) is 10.1. The van der Waals surface area contributed by atoms with Crippen LogP contribution in [0.15, 0.2) is 41.3 Å². The number of halogens is 1. The fourth-order valence-corrected chi connectivity index (χ4v) is 5.05. The molecule has 2 aliphatic rings. The highest BCUT2D eigenvalue weighted by molar-refractivity contribution is 7.89. The summed E-state index contributed by atoms with van der Waals surface area (Å²) in [6.45, 7) is 0.582. The molecular weight excluding hydrogens is 386 g/mol. The van der Waals surface area contributed by atoms with Crippen molar-refractivity contribution in [3.05, 3.63) is 58.7 Å². The zero-order valence-corrected chi connectivity index (χ0v) is 16.3. The van der Waals surface area contributed by atoms with Gasteiger partial charge in [0.05, 0.1) is 4.90 Å². The molecule has 0 fully saturated rings. The van der Waals surface area contributed by atoms with Crippen LogP contribution in [0.25, 0.3) is 0 Å². The number of amides is 1. The molecule has 4 N–H and O–H groups in total. The maximum Gasteiger partial charge on any atom is 0.251 e. The van der Waals surface area contributed by atoms with Gasteiger partial charge in [-0.1, -0.05) is 12.1 Å². The first-order valence-corrected chi connectivity index (χ1v) is 10.2. The van der Waals surface area contributed by atoms with E-state index >= 15 is 0 Å². The van der Waals surface area contributed by atoms with Crippen LogP contribution in [0.2, 0.25) is 0 Å². The summed E-state index contributed by atoms with van der Waals surface area (Å²) in [4.78, 5) is 12.1. The zero-order valence-electron chi connectivity index (χ0n) is 14.7. The summed E-state index contributed by atoms with van der Waals surface area (Å²) in [6.07, 6.45) is 3.25. The van der Waals surface area contributed by atoms with Gasteiger partial charge < -0.3 is 11.1 Å². The van der Waals surface area contributed by atoms with Gasteiger partial charge in [0.1, 0.15) is 0 Å². The molecule has 0 bridgehead atoms. The number of hydrogen-bond acceptors (Lipinski definition) is 4. The number of benzene rings is 2. The minimum Gasteiger partial charge on any atom is -0.399 e. The maximum absolute atomic E-state index is 12.9. The second-order valence-corrected chi connectivity index (χ2v) is 8.56. The highest BCUT2D eigenvalue weighted by Crippen LogP contribution is 2.32. The van der Waals surface area contributed by atoms with Crippen LogP contribution < -0.4 is 15.8 Å². The Bertz CT molecular complexity index is 992. The van der Waals surface area contributed by atoms with E-state index in [2.05, 4.69) is 10.0 Å². The quantitative estimate of drug-likeness (QED) is 0.679. The Morgan fingerprint density at radius 2 is 1.89 bits per heavy atom. The largest absolute Gasteiger partial charge is 0.399 e. The van der Waals surface area contributed by atoms with Crippen molar-refractivity contribution in [2.45, 2.75) is 36.6 Å². The van der Waals surface area contributed by atoms with Crippen LogP contribution >= 0.6 is 12.4 Å². The first kappa shape index (κ1) is 19.7. The third kappa shape index (κ3) is 3.81. The average molecular weight is 408 g/mol. The Morgan fingerprint density at radius 3 is 2.70 bits per heavy atom. The molecule has 27 heavy (non-hydrogen) atoms. The number of aryl methyl sites for hydroxylation is 1. The van der Waals surface area contributed by atoms with Gasteiger partial charge in [0, 0.05) is 23.8 Å². The predicted molar refractivity (Wildman–Crippen MR) is 107 cm³/mol. The van der Waals surface area contributed by atoms with Crippen molar-refractivity contribution >= 4 is 34.0 Å². The number of carbonyl (C=O) groups is 1. The van der Waals surface area contributed by atoms with E-state index in [1.807, 2.05) is 12.1 Å². The average Bonchev–Trinajstić information content (AvgIpc) is 2.61. The molecule has 144 valence electrons. The van der Waals surface area contributed by atoms with Crippen molar-refractivity contribution < 1.29 is 13.2 Å². The Balaban J connectivity index is 0.00000210. The molecule has 1 heterocycles. The lowest BCUT2D eigenvalue weighted by Crippen LogP contribution is -2.33. The standard InChI is InChI=1S/C19H21N3O3S.ClH/c20-14-5-7-16-13(10-14)2-1-3-18(16)22-26(24,25)15-6-4-12-8-9-21-19(23)17(12)11-15;/h4-7,10-11,18,22H,1-3,8-9,20H2,(H,21,23);1H. The fraction of sp³-hybridized carbons (Fsp3) is 0.316. The third-order valence-corrected chi connectivity index (χ3v) is 6.56. The van der Waals surface area contributed by atoms with E-state index < -0.39 is 10.0 Å². The van der Waals surface area contributed by atoms with Crippen LogP contribution in [0.5, 0.6) is 0 Å². The molecule has 1 atom stereocenters. The molecule has 1 aliphatic heterocycles. The van der Waals surface area contributed by atoms with Gasteiger partial charge in [0.15, 0.2) is 0 Å². The number of nitrogen functional groups attached to an aromatic ring is 1. The van der Waals surface area contributed by atoms with Gasteiger partial charge in [-0.3, -0.25) is 4.79 Å². The summed E-state index contributed by atoms with van der Waals surface area (Å²) in [5.41, 5.74) is 9.92. The van der Waals surface area contributed by atoms with Crippen LogP contribution in [0, 0.1) is 0 Å². The number of nitrogens with one attached hydrogen (secondary N) is 2. The summed E-state index contributed by atoms with van der Waals surface area (Å²) in [7, 11) is -3.73. The van der Waals surface area contributed by atoms with Gasteiger partial charge in [0.2, 0.25) is 10.0 Å². The molecule has 0 saturated heterocycles. The van der Waals surface area contributed by atoms with E-state index in [0.29, 0.717) is 24.2 Å². The van der Waals surface area contributed by atoms with E-state index in [0.717, 1.165) is 36.0 Å². The molecule has 0 spiro atoms. The van der Waals surface area contributed by atoms with E-state index in [9.17, 15) is 13.2 Å². The summed E-state index contributed by atoms with van der Waals surface area (Å²) >= 11 is 0. The van der Waals surface area contributed by atoms with Crippen molar-refractivity contribution in [2.24, 2.45) is 0 Å². The van der Waals surface area contributed by atoms with Crippen LogP contribution in [0.4, 0.5) is 5.69 Å². The van der Waals surface area contributed by atoms with Gasteiger partial charge in [-0.05, 0) is 66.6 Å². The second-order valence-electron chi connectivity index (χ2n) is 6.85. The number of carbonyl (C=O) groups excluding carboxylic acids is 1. The lowest BCUT2D eigenvalue weighted by molar-refractivity contribution is 0.0945. The monoisotopic (exact) mass is 407 g/mol. The normalized spacial score (nSPS) is 18.7. The van der Waals surface area contributed by atoms with Crippen molar-refractivity contribution in [3.63, 3.8) is 0 Å². The Hall–Kier alpha value is -2.09. The lowest BCUT2D eigenvalue weighted by atomic mass is 9.88. The van der Waals surface area contributed by atoms with Crippen LogP contribution in [-0.4, -0.2) is 20.9 Å². The smallest absolute Gasteiger partial charge is 0.251 e. The summed E-state index contributed by atoms with van der Waals surface area (Å²) < 4.78 is 28.6. The third-order valence-electron chi connectivity index (χ3n) is 5.09. The summed E-state index contributed by atoms with van der Waals surface area (Å²) in [5.74, 6) is -0.221. The molecule has 8 heteroatoms. The highest BCUT2D eigenvalue weighted by atomic mass is 35.5. The van der Waals surface area contributed by atoms with Gasteiger partial charge in [-0.15, -0.1) is 12.4 Å².